The first kappa shape index (κ1) is 18.0. The number of fused-ring (bicyclic) bond motifs is 1. The van der Waals surface area contributed by atoms with Crippen molar-refractivity contribution in [1.29, 1.82) is 0 Å². The molecule has 5 nitrogen and oxygen atoms in total. The van der Waals surface area contributed by atoms with Crippen LogP contribution >= 0.6 is 11.3 Å². The summed E-state index contributed by atoms with van der Waals surface area (Å²) < 4.78 is 15.8. The molecule has 1 aromatic carbocycles. The lowest BCUT2D eigenvalue weighted by atomic mass is 9.95. The topological polar surface area (TPSA) is 46.0 Å². The molecule has 5 rings (SSSR count). The first-order valence-electron chi connectivity index (χ1n) is 9.96. The van der Waals surface area contributed by atoms with Gasteiger partial charge < -0.3 is 9.88 Å². The third-order valence-electron chi connectivity index (χ3n) is 5.75. The summed E-state index contributed by atoms with van der Waals surface area (Å²) in [4.78, 5) is 4.99. The van der Waals surface area contributed by atoms with Gasteiger partial charge in [-0.15, -0.1) is 21.5 Å². The van der Waals surface area contributed by atoms with E-state index in [1.165, 1.54) is 16.8 Å². The maximum atomic E-state index is 13.5. The summed E-state index contributed by atoms with van der Waals surface area (Å²) in [5.41, 5.74) is 0.959. The number of nitrogens with one attached hydrogen (secondary N) is 1. The van der Waals surface area contributed by atoms with E-state index >= 15 is 0 Å². The van der Waals surface area contributed by atoms with Crippen LogP contribution in [0.25, 0.3) is 10.4 Å². The van der Waals surface area contributed by atoms with Crippen molar-refractivity contribution in [3.8, 4) is 10.4 Å². The minimum absolute atomic E-state index is 0.180. The average Bonchev–Trinajstić information content (AvgIpc) is 3.36. The van der Waals surface area contributed by atoms with E-state index in [1.54, 1.807) is 23.5 Å². The summed E-state index contributed by atoms with van der Waals surface area (Å²) >= 11 is 1.76. The minimum atomic E-state index is -0.180. The van der Waals surface area contributed by atoms with Gasteiger partial charge in [-0.05, 0) is 55.8 Å². The van der Waals surface area contributed by atoms with Crippen LogP contribution in [0.2, 0.25) is 0 Å². The molecular weight excluding hydrogens is 373 g/mol. The van der Waals surface area contributed by atoms with Gasteiger partial charge in [0, 0.05) is 35.3 Å². The highest BCUT2D eigenvalue weighted by molar-refractivity contribution is 7.15. The van der Waals surface area contributed by atoms with Crippen molar-refractivity contribution in [1.82, 2.24) is 25.0 Å². The molecule has 28 heavy (non-hydrogen) atoms. The molecule has 0 atom stereocenters. The Labute approximate surface area is 168 Å². The lowest BCUT2D eigenvalue weighted by molar-refractivity contribution is 0.201. The molecule has 4 heterocycles. The van der Waals surface area contributed by atoms with Gasteiger partial charge in [-0.25, -0.2) is 4.39 Å². The second-order valence-corrected chi connectivity index (χ2v) is 8.80. The highest BCUT2D eigenvalue weighted by Crippen LogP contribution is 2.32. The summed E-state index contributed by atoms with van der Waals surface area (Å²) in [5, 5.41) is 12.2. The number of piperidine rings is 1. The van der Waals surface area contributed by atoms with E-state index in [4.69, 9.17) is 0 Å². The van der Waals surface area contributed by atoms with Gasteiger partial charge >= 0.3 is 0 Å². The molecule has 0 saturated carbocycles. The smallest absolute Gasteiger partial charge is 0.147 e. The monoisotopic (exact) mass is 397 g/mol. The summed E-state index contributed by atoms with van der Waals surface area (Å²) in [7, 11) is 0. The molecule has 0 bridgehead atoms. The molecule has 0 amide bonds. The summed E-state index contributed by atoms with van der Waals surface area (Å²) in [6.07, 6.45) is 2.27. The van der Waals surface area contributed by atoms with Crippen LogP contribution in [0.15, 0.2) is 36.4 Å². The van der Waals surface area contributed by atoms with Gasteiger partial charge in [-0.1, -0.05) is 12.1 Å². The van der Waals surface area contributed by atoms with Crippen LogP contribution in [0.4, 0.5) is 4.39 Å². The Morgan fingerprint density at radius 3 is 2.86 bits per heavy atom. The SMILES string of the molecule is Fc1cccc(-c2ccc(CN3CCC(c4nnc5n4CCNC5)CC3)s2)c1. The van der Waals surface area contributed by atoms with E-state index in [0.29, 0.717) is 5.92 Å². The van der Waals surface area contributed by atoms with Gasteiger partial charge in [0.1, 0.15) is 17.5 Å². The number of rotatable bonds is 4. The molecule has 2 aromatic heterocycles. The molecule has 1 N–H and O–H groups in total. The third-order valence-corrected chi connectivity index (χ3v) is 6.87. The first-order chi connectivity index (χ1) is 13.8. The fraction of sp³-hybridized carbons (Fsp3) is 0.429. The van der Waals surface area contributed by atoms with E-state index in [1.807, 2.05) is 6.07 Å². The zero-order chi connectivity index (χ0) is 18.9. The van der Waals surface area contributed by atoms with Gasteiger partial charge in [0.25, 0.3) is 0 Å². The Kier molecular flexibility index (Phi) is 4.96. The van der Waals surface area contributed by atoms with Crippen molar-refractivity contribution in [2.45, 2.75) is 38.4 Å². The van der Waals surface area contributed by atoms with Crippen LogP contribution < -0.4 is 5.32 Å². The van der Waals surface area contributed by atoms with Gasteiger partial charge in [0.05, 0.1) is 6.54 Å². The van der Waals surface area contributed by atoms with Crippen molar-refractivity contribution >= 4 is 11.3 Å². The van der Waals surface area contributed by atoms with Gasteiger partial charge in [0.2, 0.25) is 0 Å². The number of likely N-dealkylation sites (tertiary alicyclic amines) is 1. The van der Waals surface area contributed by atoms with E-state index in [-0.39, 0.29) is 5.82 Å². The van der Waals surface area contributed by atoms with Crippen LogP contribution in [-0.4, -0.2) is 39.3 Å². The van der Waals surface area contributed by atoms with Crippen LogP contribution in [0.1, 0.15) is 35.3 Å². The normalized spacial score (nSPS) is 18.3. The summed E-state index contributed by atoms with van der Waals surface area (Å²) in [6.45, 7) is 5.95. The first-order valence-corrected chi connectivity index (χ1v) is 10.8. The third kappa shape index (κ3) is 3.62. The average molecular weight is 398 g/mol. The highest BCUT2D eigenvalue weighted by Gasteiger charge is 2.27. The number of thiophene rings is 1. The summed E-state index contributed by atoms with van der Waals surface area (Å²) in [6, 6.07) is 11.1. The fourth-order valence-corrected chi connectivity index (χ4v) is 5.29. The zero-order valence-electron chi connectivity index (χ0n) is 15.8. The maximum Gasteiger partial charge on any atom is 0.147 e. The van der Waals surface area contributed by atoms with E-state index in [0.717, 1.165) is 68.4 Å². The Bertz CT molecular complexity index is 957. The molecule has 0 radical (unpaired) electrons. The van der Waals surface area contributed by atoms with E-state index in [2.05, 4.69) is 37.1 Å². The molecular formula is C21H24FN5S. The Balaban J connectivity index is 1.21. The number of aromatic nitrogens is 3. The molecule has 146 valence electrons. The number of halogens is 1. The Morgan fingerprint density at radius 2 is 2.00 bits per heavy atom. The van der Waals surface area contributed by atoms with Crippen molar-refractivity contribution in [2.24, 2.45) is 0 Å². The minimum Gasteiger partial charge on any atom is -0.312 e. The molecule has 7 heteroatoms. The van der Waals surface area contributed by atoms with Crippen molar-refractivity contribution in [3.63, 3.8) is 0 Å². The van der Waals surface area contributed by atoms with Crippen molar-refractivity contribution in [2.75, 3.05) is 19.6 Å². The molecule has 0 spiro atoms. The predicted octanol–water partition coefficient (Wildman–Crippen LogP) is 3.63. The predicted molar refractivity (Wildman–Crippen MR) is 109 cm³/mol. The fourth-order valence-electron chi connectivity index (χ4n) is 4.25. The van der Waals surface area contributed by atoms with Gasteiger partial charge in [-0.2, -0.15) is 0 Å². The Morgan fingerprint density at radius 1 is 1.11 bits per heavy atom. The quantitative estimate of drug-likeness (QED) is 0.730. The number of benzene rings is 1. The second-order valence-electron chi connectivity index (χ2n) is 7.63. The van der Waals surface area contributed by atoms with Crippen molar-refractivity contribution < 1.29 is 4.39 Å². The molecule has 2 aliphatic heterocycles. The maximum absolute atomic E-state index is 13.5. The van der Waals surface area contributed by atoms with Crippen LogP contribution in [0.5, 0.6) is 0 Å². The van der Waals surface area contributed by atoms with Crippen LogP contribution in [0.3, 0.4) is 0 Å². The number of nitrogens with zero attached hydrogens (tertiary/aromatic N) is 4. The molecule has 1 saturated heterocycles. The zero-order valence-corrected chi connectivity index (χ0v) is 16.6. The standard InChI is InChI=1S/C21H24FN5S/c22-17-3-1-2-16(12-17)19-5-4-18(28-19)14-26-9-6-15(7-10-26)21-25-24-20-13-23-8-11-27(20)21/h1-5,12,15,23H,6-11,13-14H2. The number of hydrogen-bond donors (Lipinski definition) is 1. The van der Waals surface area contributed by atoms with Crippen LogP contribution in [0, 0.1) is 5.82 Å². The molecule has 1 fully saturated rings. The van der Waals surface area contributed by atoms with E-state index in [9.17, 15) is 4.39 Å². The molecule has 0 aliphatic carbocycles. The molecule has 0 unspecified atom stereocenters. The highest BCUT2D eigenvalue weighted by atomic mass is 32.1. The second kappa shape index (κ2) is 7.73. The van der Waals surface area contributed by atoms with Crippen molar-refractivity contribution in [3.05, 3.63) is 58.7 Å². The molecule has 3 aromatic rings. The van der Waals surface area contributed by atoms with Gasteiger partial charge in [0.15, 0.2) is 0 Å². The largest absolute Gasteiger partial charge is 0.312 e. The lowest BCUT2D eigenvalue weighted by Crippen LogP contribution is -2.34. The number of hydrogen-bond acceptors (Lipinski definition) is 5. The van der Waals surface area contributed by atoms with E-state index < -0.39 is 0 Å². The lowest BCUT2D eigenvalue weighted by Gasteiger charge is -2.31. The van der Waals surface area contributed by atoms with Crippen LogP contribution in [-0.2, 0) is 19.6 Å². The summed E-state index contributed by atoms with van der Waals surface area (Å²) in [5.74, 6) is 2.59. The molecule has 2 aliphatic rings. The Hall–Kier alpha value is -2.09. The van der Waals surface area contributed by atoms with Gasteiger partial charge in [-0.3, -0.25) is 4.90 Å².